The molecule has 1 atom stereocenters. The Kier molecular flexibility index (Phi) is 7.29. The first kappa shape index (κ1) is 21.4. The fourth-order valence-corrected chi connectivity index (χ4v) is 3.91. The molecule has 3 heterocycles. The summed E-state index contributed by atoms with van der Waals surface area (Å²) in [5, 5.41) is 6.40. The van der Waals surface area contributed by atoms with Crippen LogP contribution in [0.2, 0.25) is 0 Å². The van der Waals surface area contributed by atoms with Crippen molar-refractivity contribution in [2.45, 2.75) is 12.3 Å². The zero-order valence-corrected chi connectivity index (χ0v) is 18.9. The van der Waals surface area contributed by atoms with Crippen molar-refractivity contribution in [3.8, 4) is 0 Å². The van der Waals surface area contributed by atoms with Crippen LogP contribution >= 0.6 is 24.0 Å². The van der Waals surface area contributed by atoms with Gasteiger partial charge in [-0.05, 0) is 30.2 Å². The lowest BCUT2D eigenvalue weighted by molar-refractivity contribution is -0.117. The molecule has 0 saturated carbocycles. The number of rotatable bonds is 4. The molecule has 1 unspecified atom stereocenters. The molecule has 2 aliphatic heterocycles. The lowest BCUT2D eigenvalue weighted by Crippen LogP contribution is -2.53. The van der Waals surface area contributed by atoms with Crippen LogP contribution in [0.25, 0.3) is 0 Å². The van der Waals surface area contributed by atoms with E-state index in [0.717, 1.165) is 55.6 Å². The molecule has 2 N–H and O–H groups in total. The molecule has 2 aromatic rings. The smallest absolute Gasteiger partial charge is 0.232 e. The number of pyridine rings is 1. The highest BCUT2D eigenvalue weighted by atomic mass is 127. The Morgan fingerprint density at radius 1 is 1.17 bits per heavy atom. The number of halogens is 1. The summed E-state index contributed by atoms with van der Waals surface area (Å²) in [5.74, 6) is 1.91. The number of hydrogen-bond acceptors (Lipinski definition) is 4. The average molecular weight is 506 g/mol. The number of carbonyl (C=O) groups is 1. The number of hydrogen-bond donors (Lipinski definition) is 2. The molecule has 29 heavy (non-hydrogen) atoms. The molecule has 0 spiro atoms. The first-order valence-corrected chi connectivity index (χ1v) is 9.77. The number of amides is 1. The largest absolute Gasteiger partial charge is 0.356 e. The van der Waals surface area contributed by atoms with Crippen LogP contribution in [0, 0.1) is 0 Å². The van der Waals surface area contributed by atoms with Crippen molar-refractivity contribution in [1.82, 2.24) is 15.2 Å². The second kappa shape index (κ2) is 9.91. The lowest BCUT2D eigenvalue weighted by Gasteiger charge is -2.37. The fourth-order valence-electron chi connectivity index (χ4n) is 3.91. The van der Waals surface area contributed by atoms with Crippen LogP contribution < -0.4 is 15.5 Å². The van der Waals surface area contributed by atoms with Gasteiger partial charge in [-0.15, -0.1) is 24.0 Å². The molecule has 7 nitrogen and oxygen atoms in total. The maximum atomic E-state index is 12.3. The molecule has 0 radical (unpaired) electrons. The Hall–Kier alpha value is -2.36. The molecular formula is C21H27IN6O. The van der Waals surface area contributed by atoms with Crippen LogP contribution in [-0.2, 0) is 4.79 Å². The molecule has 1 aromatic carbocycles. The molecular weight excluding hydrogens is 479 g/mol. The third kappa shape index (κ3) is 4.80. The normalized spacial score (nSPS) is 18.7. The van der Waals surface area contributed by atoms with Crippen LogP contribution in [0.15, 0.2) is 53.7 Å². The van der Waals surface area contributed by atoms with E-state index < -0.39 is 0 Å². The lowest BCUT2D eigenvalue weighted by atomic mass is 9.97. The molecule has 1 amide bonds. The summed E-state index contributed by atoms with van der Waals surface area (Å²) in [5.41, 5.74) is 2.03. The van der Waals surface area contributed by atoms with Gasteiger partial charge in [0.05, 0.1) is 5.92 Å². The molecule has 8 heteroatoms. The molecule has 1 saturated heterocycles. The van der Waals surface area contributed by atoms with Gasteiger partial charge in [0.25, 0.3) is 0 Å². The van der Waals surface area contributed by atoms with Crippen molar-refractivity contribution in [3.63, 3.8) is 0 Å². The number of carbonyl (C=O) groups excluding carboxylic acids is 1. The number of piperazine rings is 1. The third-order valence-corrected chi connectivity index (χ3v) is 5.39. The maximum Gasteiger partial charge on any atom is 0.232 e. The summed E-state index contributed by atoms with van der Waals surface area (Å²) in [7, 11) is 1.81. The van der Waals surface area contributed by atoms with E-state index in [-0.39, 0.29) is 35.8 Å². The van der Waals surface area contributed by atoms with E-state index in [1.165, 1.54) is 0 Å². The second-order valence-corrected chi connectivity index (χ2v) is 7.05. The zero-order chi connectivity index (χ0) is 19.3. The minimum atomic E-state index is -0.0946. The zero-order valence-electron chi connectivity index (χ0n) is 16.5. The Bertz CT molecular complexity index is 851. The van der Waals surface area contributed by atoms with E-state index in [9.17, 15) is 4.79 Å². The minimum absolute atomic E-state index is 0. The number of nitrogens with zero attached hydrogens (tertiary/aromatic N) is 4. The van der Waals surface area contributed by atoms with Gasteiger partial charge in [0.2, 0.25) is 5.91 Å². The van der Waals surface area contributed by atoms with Gasteiger partial charge < -0.3 is 20.4 Å². The predicted octanol–water partition coefficient (Wildman–Crippen LogP) is 2.52. The Morgan fingerprint density at radius 3 is 2.66 bits per heavy atom. The van der Waals surface area contributed by atoms with Gasteiger partial charge >= 0.3 is 0 Å². The van der Waals surface area contributed by atoms with E-state index in [0.29, 0.717) is 6.54 Å². The monoisotopic (exact) mass is 506 g/mol. The molecule has 2 aliphatic rings. The standard InChI is InChI=1S/C21H26N6O.HI/c1-22-21(27-14-12-26(13-15-27)19-8-4-5-10-23-19)24-11-9-17-16-6-2-3-7-18(16)25-20(17)28;/h2-8,10,17H,9,11-15H2,1H3,(H,22,24)(H,25,28);1H. The Labute approximate surface area is 188 Å². The minimum Gasteiger partial charge on any atom is -0.356 e. The molecule has 1 fully saturated rings. The third-order valence-electron chi connectivity index (χ3n) is 5.39. The number of nitrogens with one attached hydrogen (secondary N) is 2. The SMILES string of the molecule is CN=C(NCCC1C(=O)Nc2ccccc21)N1CCN(c2ccccn2)CC1.I. The number of anilines is 2. The number of fused-ring (bicyclic) bond motifs is 1. The molecule has 154 valence electrons. The molecule has 4 rings (SSSR count). The van der Waals surface area contributed by atoms with Gasteiger partial charge in [-0.2, -0.15) is 0 Å². The van der Waals surface area contributed by atoms with Crippen molar-refractivity contribution in [3.05, 3.63) is 54.2 Å². The quantitative estimate of drug-likeness (QED) is 0.379. The van der Waals surface area contributed by atoms with Gasteiger partial charge in [-0.1, -0.05) is 24.3 Å². The first-order chi connectivity index (χ1) is 13.8. The van der Waals surface area contributed by atoms with Crippen LogP contribution in [0.5, 0.6) is 0 Å². The van der Waals surface area contributed by atoms with E-state index in [4.69, 9.17) is 0 Å². The van der Waals surface area contributed by atoms with Crippen LogP contribution in [0.3, 0.4) is 0 Å². The topological polar surface area (TPSA) is 72.9 Å². The highest BCUT2D eigenvalue weighted by Crippen LogP contribution is 2.33. The number of aliphatic imine (C=N–C) groups is 1. The fraction of sp³-hybridized carbons (Fsp3) is 0.381. The summed E-state index contributed by atoms with van der Waals surface area (Å²) >= 11 is 0. The number of benzene rings is 1. The Balaban J connectivity index is 0.00000240. The van der Waals surface area contributed by atoms with Gasteiger partial charge in [0.1, 0.15) is 5.82 Å². The van der Waals surface area contributed by atoms with Crippen molar-refractivity contribution in [2.75, 3.05) is 50.0 Å². The maximum absolute atomic E-state index is 12.3. The summed E-state index contributed by atoms with van der Waals surface area (Å²) in [6.07, 6.45) is 2.58. The number of guanidine groups is 1. The highest BCUT2D eigenvalue weighted by molar-refractivity contribution is 14.0. The summed E-state index contributed by atoms with van der Waals surface area (Å²) in [6.45, 7) is 4.32. The van der Waals surface area contributed by atoms with Crippen LogP contribution in [-0.4, -0.2) is 61.5 Å². The number of para-hydroxylation sites is 1. The summed E-state index contributed by atoms with van der Waals surface area (Å²) in [6, 6.07) is 13.9. The van der Waals surface area contributed by atoms with Crippen molar-refractivity contribution < 1.29 is 4.79 Å². The second-order valence-electron chi connectivity index (χ2n) is 7.05. The van der Waals surface area contributed by atoms with Gasteiger partial charge in [0.15, 0.2) is 5.96 Å². The van der Waals surface area contributed by atoms with E-state index >= 15 is 0 Å². The van der Waals surface area contributed by atoms with Crippen molar-refractivity contribution in [1.29, 1.82) is 0 Å². The van der Waals surface area contributed by atoms with E-state index in [1.807, 2.05) is 55.7 Å². The van der Waals surface area contributed by atoms with Gasteiger partial charge in [-0.25, -0.2) is 4.98 Å². The van der Waals surface area contributed by atoms with Gasteiger partial charge in [0, 0.05) is 51.7 Å². The van der Waals surface area contributed by atoms with Crippen molar-refractivity contribution >= 4 is 47.3 Å². The molecule has 0 aliphatic carbocycles. The average Bonchev–Trinajstić information content (AvgIpc) is 3.07. The Morgan fingerprint density at radius 2 is 1.93 bits per heavy atom. The van der Waals surface area contributed by atoms with Crippen molar-refractivity contribution in [2.24, 2.45) is 4.99 Å². The van der Waals surface area contributed by atoms with Gasteiger partial charge in [-0.3, -0.25) is 9.79 Å². The first-order valence-electron chi connectivity index (χ1n) is 9.77. The van der Waals surface area contributed by atoms with Crippen LogP contribution in [0.4, 0.5) is 11.5 Å². The van der Waals surface area contributed by atoms with E-state index in [1.54, 1.807) is 0 Å². The van der Waals surface area contributed by atoms with E-state index in [2.05, 4.69) is 30.4 Å². The highest BCUT2D eigenvalue weighted by Gasteiger charge is 2.29. The molecule has 0 bridgehead atoms. The summed E-state index contributed by atoms with van der Waals surface area (Å²) in [4.78, 5) is 25.7. The predicted molar refractivity (Wildman–Crippen MR) is 127 cm³/mol. The summed E-state index contributed by atoms with van der Waals surface area (Å²) < 4.78 is 0. The molecule has 1 aromatic heterocycles. The number of aromatic nitrogens is 1. The van der Waals surface area contributed by atoms with Crippen LogP contribution in [0.1, 0.15) is 17.9 Å².